The normalized spacial score (nSPS) is 15.8. The predicted octanol–water partition coefficient (Wildman–Crippen LogP) is 3.13. The molecule has 0 saturated carbocycles. The Balaban J connectivity index is 1.55. The van der Waals surface area contributed by atoms with Crippen LogP contribution in [0, 0.1) is 12.8 Å². The van der Waals surface area contributed by atoms with Crippen molar-refractivity contribution in [2.24, 2.45) is 5.92 Å². The molecule has 5 nitrogen and oxygen atoms in total. The molecule has 6 heteroatoms. The van der Waals surface area contributed by atoms with Gasteiger partial charge in [-0.25, -0.2) is 4.98 Å². The molecule has 2 aromatic rings. The number of carbonyl (C=O) groups excluding carboxylic acids is 1. The van der Waals surface area contributed by atoms with Gasteiger partial charge in [0, 0.05) is 18.7 Å². The lowest BCUT2D eigenvalue weighted by atomic mass is 9.99. The van der Waals surface area contributed by atoms with Crippen LogP contribution in [0.3, 0.4) is 0 Å². The Hall–Kier alpha value is -1.82. The highest BCUT2D eigenvalue weighted by molar-refractivity contribution is 7.99. The standard InChI is InChI=1S/C17H22N4OS/c1-12-3-5-14(6-4-12)16-18-17(20-19-16)23-11-15(22)21-9-7-13(2)8-10-21/h3-6,13H,7-11H2,1-2H3,(H,18,19,20). The first-order chi connectivity index (χ1) is 11.1. The number of nitrogens with one attached hydrogen (secondary N) is 1. The van der Waals surface area contributed by atoms with Gasteiger partial charge >= 0.3 is 0 Å². The molecule has 1 aliphatic rings. The van der Waals surface area contributed by atoms with E-state index in [1.54, 1.807) is 0 Å². The van der Waals surface area contributed by atoms with Gasteiger partial charge in [-0.15, -0.1) is 5.10 Å². The number of piperidine rings is 1. The van der Waals surface area contributed by atoms with E-state index in [0.717, 1.165) is 43.2 Å². The fourth-order valence-corrected chi connectivity index (χ4v) is 3.33. The molecule has 0 bridgehead atoms. The molecule has 1 aromatic heterocycles. The van der Waals surface area contributed by atoms with Crippen molar-refractivity contribution in [2.75, 3.05) is 18.8 Å². The summed E-state index contributed by atoms with van der Waals surface area (Å²) in [6.07, 6.45) is 2.21. The number of aromatic amines is 1. The number of nitrogens with zero attached hydrogens (tertiary/aromatic N) is 3. The SMILES string of the molecule is Cc1ccc(-c2nc(SCC(=O)N3CCC(C)CC3)n[nH]2)cc1. The Morgan fingerprint density at radius 2 is 2.00 bits per heavy atom. The molecule has 1 fully saturated rings. The quantitative estimate of drug-likeness (QED) is 0.875. The monoisotopic (exact) mass is 330 g/mol. The average Bonchev–Trinajstić information content (AvgIpc) is 3.03. The Morgan fingerprint density at radius 1 is 1.30 bits per heavy atom. The van der Waals surface area contributed by atoms with Gasteiger partial charge in [0.2, 0.25) is 11.1 Å². The van der Waals surface area contributed by atoms with Gasteiger partial charge in [-0.2, -0.15) is 0 Å². The van der Waals surface area contributed by atoms with Crippen molar-refractivity contribution >= 4 is 17.7 Å². The topological polar surface area (TPSA) is 61.9 Å². The molecule has 1 aliphatic heterocycles. The van der Waals surface area contributed by atoms with Crippen molar-refractivity contribution in [1.29, 1.82) is 0 Å². The van der Waals surface area contributed by atoms with Crippen molar-refractivity contribution < 1.29 is 4.79 Å². The van der Waals surface area contributed by atoms with Crippen LogP contribution in [-0.2, 0) is 4.79 Å². The number of likely N-dealkylation sites (tertiary alicyclic amines) is 1. The number of carbonyl (C=O) groups is 1. The lowest BCUT2D eigenvalue weighted by molar-refractivity contribution is -0.129. The van der Waals surface area contributed by atoms with E-state index >= 15 is 0 Å². The molecule has 122 valence electrons. The first-order valence-electron chi connectivity index (χ1n) is 8.02. The second-order valence-electron chi connectivity index (χ2n) is 6.18. The molecule has 23 heavy (non-hydrogen) atoms. The van der Waals surface area contributed by atoms with E-state index in [4.69, 9.17) is 0 Å². The Labute approximate surface area is 140 Å². The van der Waals surface area contributed by atoms with Crippen LogP contribution >= 0.6 is 11.8 Å². The number of thioether (sulfide) groups is 1. The van der Waals surface area contributed by atoms with Crippen molar-refractivity contribution in [3.05, 3.63) is 29.8 Å². The Morgan fingerprint density at radius 3 is 2.70 bits per heavy atom. The second kappa shape index (κ2) is 7.17. The van der Waals surface area contributed by atoms with Gasteiger partial charge in [0.25, 0.3) is 0 Å². The molecule has 1 N–H and O–H groups in total. The van der Waals surface area contributed by atoms with Crippen molar-refractivity contribution in [2.45, 2.75) is 31.8 Å². The molecular weight excluding hydrogens is 308 g/mol. The molecule has 0 unspecified atom stereocenters. The number of aromatic nitrogens is 3. The van der Waals surface area contributed by atoms with Crippen LogP contribution in [0.25, 0.3) is 11.4 Å². The molecule has 0 atom stereocenters. The Bertz CT molecular complexity index is 659. The summed E-state index contributed by atoms with van der Waals surface area (Å²) in [5.74, 6) is 2.06. The number of amides is 1. The van der Waals surface area contributed by atoms with Crippen LogP contribution in [0.1, 0.15) is 25.3 Å². The average molecular weight is 330 g/mol. The number of rotatable bonds is 4. The van der Waals surface area contributed by atoms with Crippen LogP contribution in [0.15, 0.2) is 29.4 Å². The van der Waals surface area contributed by atoms with E-state index in [1.165, 1.54) is 17.3 Å². The van der Waals surface area contributed by atoms with Gasteiger partial charge in [-0.1, -0.05) is 48.5 Å². The molecule has 2 heterocycles. The minimum Gasteiger partial charge on any atom is -0.342 e. The maximum atomic E-state index is 12.2. The summed E-state index contributed by atoms with van der Waals surface area (Å²) in [6, 6.07) is 8.13. The molecular formula is C17H22N4OS. The van der Waals surface area contributed by atoms with E-state index in [0.29, 0.717) is 10.9 Å². The van der Waals surface area contributed by atoms with Gasteiger partial charge < -0.3 is 4.90 Å². The van der Waals surface area contributed by atoms with Gasteiger partial charge in [0.05, 0.1) is 5.75 Å². The summed E-state index contributed by atoms with van der Waals surface area (Å²) in [7, 11) is 0. The molecule has 0 radical (unpaired) electrons. The summed E-state index contributed by atoms with van der Waals surface area (Å²) in [5.41, 5.74) is 2.22. The number of aryl methyl sites for hydroxylation is 1. The fraction of sp³-hybridized carbons (Fsp3) is 0.471. The van der Waals surface area contributed by atoms with E-state index < -0.39 is 0 Å². The zero-order valence-corrected chi connectivity index (χ0v) is 14.4. The number of H-pyrrole nitrogens is 1. The van der Waals surface area contributed by atoms with Crippen molar-refractivity contribution in [3.8, 4) is 11.4 Å². The third-order valence-electron chi connectivity index (χ3n) is 4.25. The Kier molecular flexibility index (Phi) is 5.00. The molecule has 0 aliphatic carbocycles. The predicted molar refractivity (Wildman–Crippen MR) is 92.3 cm³/mol. The largest absolute Gasteiger partial charge is 0.342 e. The minimum absolute atomic E-state index is 0.184. The lowest BCUT2D eigenvalue weighted by Crippen LogP contribution is -2.38. The molecule has 0 spiro atoms. The first kappa shape index (κ1) is 16.1. The second-order valence-corrected chi connectivity index (χ2v) is 7.13. The summed E-state index contributed by atoms with van der Waals surface area (Å²) in [6.45, 7) is 6.06. The van der Waals surface area contributed by atoms with Crippen LogP contribution < -0.4 is 0 Å². The molecule has 1 saturated heterocycles. The zero-order valence-electron chi connectivity index (χ0n) is 13.6. The summed E-state index contributed by atoms with van der Waals surface area (Å²) < 4.78 is 0. The maximum absolute atomic E-state index is 12.2. The van der Waals surface area contributed by atoms with Crippen molar-refractivity contribution in [3.63, 3.8) is 0 Å². The smallest absolute Gasteiger partial charge is 0.233 e. The van der Waals surface area contributed by atoms with E-state index in [2.05, 4.69) is 29.0 Å². The summed E-state index contributed by atoms with van der Waals surface area (Å²) in [4.78, 5) is 18.7. The summed E-state index contributed by atoms with van der Waals surface area (Å²) >= 11 is 1.40. The lowest BCUT2D eigenvalue weighted by Gasteiger charge is -2.30. The first-order valence-corrected chi connectivity index (χ1v) is 9.00. The van der Waals surface area contributed by atoms with Crippen molar-refractivity contribution in [1.82, 2.24) is 20.1 Å². The van der Waals surface area contributed by atoms with E-state index in [1.807, 2.05) is 29.2 Å². The molecule has 3 rings (SSSR count). The molecule has 1 aromatic carbocycles. The highest BCUT2D eigenvalue weighted by atomic mass is 32.2. The van der Waals surface area contributed by atoms with Crippen LogP contribution in [-0.4, -0.2) is 44.8 Å². The van der Waals surface area contributed by atoms with Gasteiger partial charge in [0.1, 0.15) is 0 Å². The minimum atomic E-state index is 0.184. The van der Waals surface area contributed by atoms with Crippen LogP contribution in [0.5, 0.6) is 0 Å². The van der Waals surface area contributed by atoms with Crippen LogP contribution in [0.4, 0.5) is 0 Å². The van der Waals surface area contributed by atoms with E-state index in [-0.39, 0.29) is 5.91 Å². The van der Waals surface area contributed by atoms with Crippen LogP contribution in [0.2, 0.25) is 0 Å². The van der Waals surface area contributed by atoms with Gasteiger partial charge in [-0.05, 0) is 25.7 Å². The van der Waals surface area contributed by atoms with Gasteiger partial charge in [0.15, 0.2) is 5.82 Å². The zero-order chi connectivity index (χ0) is 16.2. The highest BCUT2D eigenvalue weighted by Gasteiger charge is 2.20. The number of hydrogen-bond donors (Lipinski definition) is 1. The maximum Gasteiger partial charge on any atom is 0.233 e. The molecule has 1 amide bonds. The fourth-order valence-electron chi connectivity index (χ4n) is 2.63. The number of benzene rings is 1. The van der Waals surface area contributed by atoms with Gasteiger partial charge in [-0.3, -0.25) is 9.89 Å². The third kappa shape index (κ3) is 4.13. The highest BCUT2D eigenvalue weighted by Crippen LogP contribution is 2.21. The summed E-state index contributed by atoms with van der Waals surface area (Å²) in [5, 5.41) is 7.77. The number of hydrogen-bond acceptors (Lipinski definition) is 4. The third-order valence-corrected chi connectivity index (χ3v) is 5.08. The van der Waals surface area contributed by atoms with E-state index in [9.17, 15) is 4.79 Å².